The summed E-state index contributed by atoms with van der Waals surface area (Å²) in [6, 6.07) is 13.5. The Hall–Kier alpha value is -3.19. The molecule has 2 aromatic carbocycles. The molecule has 0 spiro atoms. The number of carbonyl (C=O) groups is 2. The first-order valence-electron chi connectivity index (χ1n) is 8.21. The van der Waals surface area contributed by atoms with Crippen LogP contribution in [0.1, 0.15) is 12.5 Å². The SMILES string of the molecule is O=C1C[C@@H](C(=O)Nc2cccc(F)c2)n2nc(-c3ccc(Cl)cc3)cc2N1. The molecular weight excluding hydrogens is 371 g/mol. The molecule has 0 radical (unpaired) electrons. The van der Waals surface area contributed by atoms with Crippen LogP contribution < -0.4 is 10.6 Å². The third-order valence-electron chi connectivity index (χ3n) is 4.21. The van der Waals surface area contributed by atoms with E-state index in [0.29, 0.717) is 22.2 Å². The molecule has 27 heavy (non-hydrogen) atoms. The maximum atomic E-state index is 13.3. The molecule has 0 bridgehead atoms. The molecule has 1 aliphatic rings. The molecular formula is C19H14ClFN4O2. The molecule has 1 aliphatic heterocycles. The number of fused-ring (bicyclic) bond motifs is 1. The quantitative estimate of drug-likeness (QED) is 0.719. The number of nitrogens with one attached hydrogen (secondary N) is 2. The molecule has 1 aromatic heterocycles. The predicted molar refractivity (Wildman–Crippen MR) is 100.0 cm³/mol. The first kappa shape index (κ1) is 17.2. The van der Waals surface area contributed by atoms with Gasteiger partial charge in [0.1, 0.15) is 17.7 Å². The lowest BCUT2D eigenvalue weighted by Gasteiger charge is -2.23. The Morgan fingerprint density at radius 2 is 2.00 bits per heavy atom. The van der Waals surface area contributed by atoms with Crippen molar-refractivity contribution >= 4 is 34.9 Å². The number of halogens is 2. The largest absolute Gasteiger partial charge is 0.324 e. The number of amides is 2. The van der Waals surface area contributed by atoms with Gasteiger partial charge in [0.15, 0.2) is 0 Å². The van der Waals surface area contributed by atoms with E-state index in [1.165, 1.54) is 22.9 Å². The van der Waals surface area contributed by atoms with Crippen LogP contribution in [0.4, 0.5) is 15.9 Å². The highest BCUT2D eigenvalue weighted by Gasteiger charge is 2.32. The van der Waals surface area contributed by atoms with Gasteiger partial charge in [-0.15, -0.1) is 0 Å². The van der Waals surface area contributed by atoms with Crippen molar-refractivity contribution < 1.29 is 14.0 Å². The smallest absolute Gasteiger partial charge is 0.249 e. The van der Waals surface area contributed by atoms with Gasteiger partial charge in [0.05, 0.1) is 12.1 Å². The van der Waals surface area contributed by atoms with E-state index < -0.39 is 17.8 Å². The van der Waals surface area contributed by atoms with Crippen molar-refractivity contribution in [2.45, 2.75) is 12.5 Å². The summed E-state index contributed by atoms with van der Waals surface area (Å²) in [7, 11) is 0. The van der Waals surface area contributed by atoms with Gasteiger partial charge in [-0.25, -0.2) is 9.07 Å². The number of rotatable bonds is 3. The number of hydrogen-bond acceptors (Lipinski definition) is 3. The summed E-state index contributed by atoms with van der Waals surface area (Å²) in [5.74, 6) is -0.763. The highest BCUT2D eigenvalue weighted by molar-refractivity contribution is 6.30. The third kappa shape index (κ3) is 3.54. The van der Waals surface area contributed by atoms with Crippen molar-refractivity contribution in [1.29, 1.82) is 0 Å². The van der Waals surface area contributed by atoms with Gasteiger partial charge in [0.25, 0.3) is 0 Å². The monoisotopic (exact) mass is 384 g/mol. The maximum Gasteiger partial charge on any atom is 0.249 e. The van der Waals surface area contributed by atoms with E-state index in [0.717, 1.165) is 5.56 Å². The summed E-state index contributed by atoms with van der Waals surface area (Å²) >= 11 is 5.91. The molecule has 0 saturated carbocycles. The average molecular weight is 385 g/mol. The van der Waals surface area contributed by atoms with Crippen molar-refractivity contribution in [2.75, 3.05) is 10.6 Å². The minimum absolute atomic E-state index is 0.0596. The molecule has 0 fully saturated rings. The van der Waals surface area contributed by atoms with Crippen LogP contribution in [0.25, 0.3) is 11.3 Å². The van der Waals surface area contributed by atoms with Crippen LogP contribution in [0.15, 0.2) is 54.6 Å². The fourth-order valence-electron chi connectivity index (χ4n) is 2.94. The molecule has 136 valence electrons. The van der Waals surface area contributed by atoms with Crippen LogP contribution in [-0.4, -0.2) is 21.6 Å². The zero-order valence-corrected chi connectivity index (χ0v) is 14.7. The molecule has 0 aliphatic carbocycles. The van der Waals surface area contributed by atoms with Crippen molar-refractivity contribution in [3.63, 3.8) is 0 Å². The number of aromatic nitrogens is 2. The Labute approximate surface area is 158 Å². The Morgan fingerprint density at radius 3 is 2.74 bits per heavy atom. The number of anilines is 2. The van der Waals surface area contributed by atoms with E-state index in [1.54, 1.807) is 36.4 Å². The molecule has 2 N–H and O–H groups in total. The van der Waals surface area contributed by atoms with Crippen LogP contribution in [0, 0.1) is 5.82 Å². The molecule has 4 rings (SSSR count). The second-order valence-corrected chi connectivity index (χ2v) is 6.57. The fraction of sp³-hybridized carbons (Fsp3) is 0.105. The maximum absolute atomic E-state index is 13.3. The Morgan fingerprint density at radius 1 is 1.22 bits per heavy atom. The van der Waals surface area contributed by atoms with E-state index in [-0.39, 0.29) is 12.3 Å². The van der Waals surface area contributed by atoms with Crippen LogP contribution in [0.3, 0.4) is 0 Å². The van der Waals surface area contributed by atoms with Crippen molar-refractivity contribution in [1.82, 2.24) is 9.78 Å². The first-order valence-corrected chi connectivity index (χ1v) is 8.59. The summed E-state index contributed by atoms with van der Waals surface area (Å²) in [5, 5.41) is 10.4. The number of carbonyl (C=O) groups excluding carboxylic acids is 2. The zero-order chi connectivity index (χ0) is 19.0. The van der Waals surface area contributed by atoms with Gasteiger partial charge in [-0.05, 0) is 30.3 Å². The normalized spacial score (nSPS) is 15.8. The molecule has 0 unspecified atom stereocenters. The van der Waals surface area contributed by atoms with Gasteiger partial charge >= 0.3 is 0 Å². The molecule has 2 heterocycles. The summed E-state index contributed by atoms with van der Waals surface area (Å²) in [6.45, 7) is 0. The molecule has 0 saturated heterocycles. The zero-order valence-electron chi connectivity index (χ0n) is 13.9. The summed E-state index contributed by atoms with van der Waals surface area (Å²) in [6.07, 6.45) is -0.0596. The standard InChI is InChI=1S/C19H14ClFN4O2/c20-12-6-4-11(5-7-12)15-9-17-23-18(26)10-16(25(17)24-15)19(27)22-14-3-1-2-13(21)8-14/h1-9,16H,10H2,(H,22,27)(H,23,26)/t16-/m0/s1. The van der Waals surface area contributed by atoms with Crippen molar-refractivity contribution in [3.8, 4) is 11.3 Å². The van der Waals surface area contributed by atoms with Gasteiger partial charge in [0, 0.05) is 22.3 Å². The van der Waals surface area contributed by atoms with Crippen LogP contribution in [0.5, 0.6) is 0 Å². The fourth-order valence-corrected chi connectivity index (χ4v) is 3.06. The Kier molecular flexibility index (Phi) is 4.37. The average Bonchev–Trinajstić information content (AvgIpc) is 3.05. The van der Waals surface area contributed by atoms with Gasteiger partial charge in [-0.2, -0.15) is 5.10 Å². The molecule has 3 aromatic rings. The van der Waals surface area contributed by atoms with Gasteiger partial charge in [0.2, 0.25) is 11.8 Å². The van der Waals surface area contributed by atoms with Gasteiger partial charge in [-0.3, -0.25) is 9.59 Å². The summed E-state index contributed by atoms with van der Waals surface area (Å²) < 4.78 is 14.8. The minimum atomic E-state index is -0.835. The minimum Gasteiger partial charge on any atom is -0.324 e. The number of nitrogens with zero attached hydrogens (tertiary/aromatic N) is 2. The Bertz CT molecular complexity index is 1030. The van der Waals surface area contributed by atoms with E-state index in [1.807, 2.05) is 0 Å². The lowest BCUT2D eigenvalue weighted by molar-refractivity contribution is -0.125. The molecule has 2 amide bonds. The van der Waals surface area contributed by atoms with Crippen molar-refractivity contribution in [3.05, 3.63) is 65.4 Å². The van der Waals surface area contributed by atoms with Crippen LogP contribution >= 0.6 is 11.6 Å². The van der Waals surface area contributed by atoms with E-state index >= 15 is 0 Å². The third-order valence-corrected chi connectivity index (χ3v) is 4.46. The number of benzene rings is 2. The lowest BCUT2D eigenvalue weighted by atomic mass is 10.1. The number of hydrogen-bond donors (Lipinski definition) is 2. The van der Waals surface area contributed by atoms with E-state index in [4.69, 9.17) is 11.6 Å². The first-order chi connectivity index (χ1) is 13.0. The van der Waals surface area contributed by atoms with Crippen LogP contribution in [0.2, 0.25) is 5.02 Å². The van der Waals surface area contributed by atoms with E-state index in [9.17, 15) is 14.0 Å². The summed E-state index contributed by atoms with van der Waals surface area (Å²) in [5.41, 5.74) is 1.73. The van der Waals surface area contributed by atoms with E-state index in [2.05, 4.69) is 15.7 Å². The highest BCUT2D eigenvalue weighted by Crippen LogP contribution is 2.30. The topological polar surface area (TPSA) is 76.0 Å². The highest BCUT2D eigenvalue weighted by atomic mass is 35.5. The molecule has 1 atom stereocenters. The molecule has 6 nitrogen and oxygen atoms in total. The lowest BCUT2D eigenvalue weighted by Crippen LogP contribution is -2.35. The van der Waals surface area contributed by atoms with Gasteiger partial charge in [-0.1, -0.05) is 29.8 Å². The molecule has 8 heteroatoms. The second-order valence-electron chi connectivity index (χ2n) is 6.13. The second kappa shape index (κ2) is 6.85. The predicted octanol–water partition coefficient (Wildman–Crippen LogP) is 3.86. The summed E-state index contributed by atoms with van der Waals surface area (Å²) in [4.78, 5) is 24.7. The Balaban J connectivity index is 1.64. The van der Waals surface area contributed by atoms with Crippen molar-refractivity contribution in [2.24, 2.45) is 0 Å². The van der Waals surface area contributed by atoms with Crippen LogP contribution in [-0.2, 0) is 9.59 Å². The van der Waals surface area contributed by atoms with Gasteiger partial charge < -0.3 is 10.6 Å².